The summed E-state index contributed by atoms with van der Waals surface area (Å²) in [6.45, 7) is 0.783. The van der Waals surface area contributed by atoms with Crippen molar-refractivity contribution in [3.63, 3.8) is 0 Å². The van der Waals surface area contributed by atoms with Crippen molar-refractivity contribution in [3.8, 4) is 0 Å². The van der Waals surface area contributed by atoms with Gasteiger partial charge in [-0.05, 0) is 43.1 Å². The van der Waals surface area contributed by atoms with Crippen LogP contribution >= 0.6 is 23.2 Å². The molecule has 6 nitrogen and oxygen atoms in total. The highest BCUT2D eigenvalue weighted by molar-refractivity contribution is 6.42. The molecule has 0 bridgehead atoms. The van der Waals surface area contributed by atoms with Gasteiger partial charge in [-0.15, -0.1) is 0 Å². The molecule has 1 aromatic heterocycles. The topological polar surface area (TPSA) is 81.2 Å². The Morgan fingerprint density at radius 2 is 2.07 bits per heavy atom. The summed E-state index contributed by atoms with van der Waals surface area (Å²) in [5, 5.41) is 21.2. The first-order valence-corrected chi connectivity index (χ1v) is 10.0. The number of carbonyl (C=O) groups is 1. The molecule has 2 atom stereocenters. The number of piperidine rings is 1. The van der Waals surface area contributed by atoms with Crippen LogP contribution in [0.3, 0.4) is 0 Å². The van der Waals surface area contributed by atoms with E-state index in [1.54, 1.807) is 24.3 Å². The van der Waals surface area contributed by atoms with E-state index in [0.717, 1.165) is 25.8 Å². The molecule has 4 rings (SSSR count). The molecule has 0 unspecified atom stereocenters. The number of nitrogens with one attached hydrogen (secondary N) is 2. The van der Waals surface area contributed by atoms with Crippen molar-refractivity contribution < 1.29 is 14.3 Å². The van der Waals surface area contributed by atoms with E-state index in [0.29, 0.717) is 21.0 Å². The Morgan fingerprint density at radius 3 is 2.76 bits per heavy atom. The zero-order chi connectivity index (χ0) is 20.5. The molecule has 0 radical (unpaired) electrons. The molecule has 0 saturated carbocycles. The maximum absolute atomic E-state index is 14.6. The minimum atomic E-state index is -1.18. The first kappa shape index (κ1) is 19.9. The van der Waals surface area contributed by atoms with Crippen molar-refractivity contribution in [2.45, 2.75) is 31.3 Å². The third-order valence-electron chi connectivity index (χ3n) is 5.26. The van der Waals surface area contributed by atoms with E-state index in [1.807, 2.05) is 0 Å². The minimum Gasteiger partial charge on any atom is -0.465 e. The summed E-state index contributed by atoms with van der Waals surface area (Å²) in [6, 6.07) is 7.15. The number of aromatic nitrogens is 2. The van der Waals surface area contributed by atoms with Crippen molar-refractivity contribution in [1.29, 1.82) is 0 Å². The number of amides is 1. The van der Waals surface area contributed by atoms with Gasteiger partial charge in [0.25, 0.3) is 0 Å². The van der Waals surface area contributed by atoms with Crippen LogP contribution in [0, 0.1) is 5.82 Å². The quantitative estimate of drug-likeness (QED) is 0.512. The highest BCUT2D eigenvalue weighted by Crippen LogP contribution is 2.37. The molecular formula is C20H19Cl2FN4O2. The van der Waals surface area contributed by atoms with Gasteiger partial charge in [0.1, 0.15) is 5.52 Å². The second kappa shape index (κ2) is 8.18. The summed E-state index contributed by atoms with van der Waals surface area (Å²) in [5.74, 6) is -0.564. The SMILES string of the molecule is O=C(O)N(c1cc(F)c2[nH]ncc2c1)[C@@H](c1ccc(Cl)c(Cl)c1)[C@@H]1CCCCN1. The lowest BCUT2D eigenvalue weighted by molar-refractivity contribution is 0.195. The minimum absolute atomic E-state index is 0.153. The first-order valence-electron chi connectivity index (χ1n) is 9.29. The summed E-state index contributed by atoms with van der Waals surface area (Å²) < 4.78 is 14.6. The van der Waals surface area contributed by atoms with Gasteiger partial charge in [-0.3, -0.25) is 10.00 Å². The smallest absolute Gasteiger partial charge is 0.412 e. The van der Waals surface area contributed by atoms with Crippen LogP contribution in [0.4, 0.5) is 14.9 Å². The number of benzene rings is 2. The molecule has 1 aliphatic rings. The molecule has 1 saturated heterocycles. The summed E-state index contributed by atoms with van der Waals surface area (Å²) in [4.78, 5) is 13.6. The molecule has 1 amide bonds. The van der Waals surface area contributed by atoms with Crippen LogP contribution in [-0.2, 0) is 0 Å². The lowest BCUT2D eigenvalue weighted by atomic mass is 9.91. The lowest BCUT2D eigenvalue weighted by Gasteiger charge is -2.38. The van der Waals surface area contributed by atoms with Gasteiger partial charge in [0, 0.05) is 17.5 Å². The van der Waals surface area contributed by atoms with E-state index in [-0.39, 0.29) is 17.2 Å². The van der Waals surface area contributed by atoms with Crippen LogP contribution in [0.25, 0.3) is 10.9 Å². The van der Waals surface area contributed by atoms with Gasteiger partial charge in [-0.1, -0.05) is 35.7 Å². The van der Waals surface area contributed by atoms with Gasteiger partial charge >= 0.3 is 6.09 Å². The highest BCUT2D eigenvalue weighted by Gasteiger charge is 2.35. The van der Waals surface area contributed by atoms with Gasteiger partial charge in [0.2, 0.25) is 0 Å². The average molecular weight is 437 g/mol. The molecule has 152 valence electrons. The molecule has 3 N–H and O–H groups in total. The number of carboxylic acid groups (broad SMARTS) is 1. The van der Waals surface area contributed by atoms with Gasteiger partial charge in [-0.2, -0.15) is 5.10 Å². The third-order valence-corrected chi connectivity index (χ3v) is 6.00. The normalized spacial score (nSPS) is 18.0. The average Bonchev–Trinajstić information content (AvgIpc) is 3.18. The van der Waals surface area contributed by atoms with Crippen LogP contribution < -0.4 is 10.2 Å². The van der Waals surface area contributed by atoms with Crippen LogP contribution in [0.5, 0.6) is 0 Å². The molecule has 2 heterocycles. The summed E-state index contributed by atoms with van der Waals surface area (Å²) in [6.07, 6.45) is 3.06. The fourth-order valence-corrected chi connectivity index (χ4v) is 4.24. The number of fused-ring (bicyclic) bond motifs is 1. The number of halogens is 3. The van der Waals surface area contributed by atoms with Crippen molar-refractivity contribution in [2.24, 2.45) is 0 Å². The molecule has 29 heavy (non-hydrogen) atoms. The second-order valence-corrected chi connectivity index (χ2v) is 7.90. The van der Waals surface area contributed by atoms with E-state index < -0.39 is 18.0 Å². The number of nitrogens with zero attached hydrogens (tertiary/aromatic N) is 2. The fraction of sp³-hybridized carbons (Fsp3) is 0.300. The Morgan fingerprint density at radius 1 is 1.24 bits per heavy atom. The predicted molar refractivity (Wildman–Crippen MR) is 111 cm³/mol. The molecule has 9 heteroatoms. The molecule has 3 aromatic rings. The van der Waals surface area contributed by atoms with Gasteiger partial charge in [0.05, 0.1) is 28.0 Å². The maximum Gasteiger partial charge on any atom is 0.412 e. The Bertz CT molecular complexity index is 1050. The second-order valence-electron chi connectivity index (χ2n) is 7.09. The van der Waals surface area contributed by atoms with Crippen LogP contribution in [-0.4, -0.2) is 34.0 Å². The fourth-order valence-electron chi connectivity index (χ4n) is 3.93. The van der Waals surface area contributed by atoms with Gasteiger partial charge in [0.15, 0.2) is 5.82 Å². The van der Waals surface area contributed by atoms with Crippen molar-refractivity contribution in [3.05, 3.63) is 58.0 Å². The van der Waals surface area contributed by atoms with Crippen molar-refractivity contribution in [1.82, 2.24) is 15.5 Å². The Hall–Kier alpha value is -2.35. The lowest BCUT2D eigenvalue weighted by Crippen LogP contribution is -2.48. The molecular weight excluding hydrogens is 418 g/mol. The van der Waals surface area contributed by atoms with E-state index in [2.05, 4.69) is 15.5 Å². The number of H-pyrrole nitrogens is 1. The van der Waals surface area contributed by atoms with E-state index in [9.17, 15) is 14.3 Å². The van der Waals surface area contributed by atoms with Crippen molar-refractivity contribution >= 4 is 45.9 Å². The number of rotatable bonds is 4. The third kappa shape index (κ3) is 3.90. The summed E-state index contributed by atoms with van der Waals surface area (Å²) in [5.41, 5.74) is 1.15. The Balaban J connectivity index is 1.86. The standard InChI is InChI=1S/C20H19Cl2FN4O2/c21-14-5-4-11(8-15(14)22)19(17-3-1-2-6-24-17)27(20(28)29)13-7-12-10-25-26-18(12)16(23)9-13/h4-5,7-10,17,19,24H,1-3,6H2,(H,25,26)(H,28,29)/t17-,19-/m0/s1. The summed E-state index contributed by atoms with van der Waals surface area (Å²) in [7, 11) is 0. The largest absolute Gasteiger partial charge is 0.465 e. The molecule has 0 spiro atoms. The predicted octanol–water partition coefficient (Wildman–Crippen LogP) is 5.38. The Labute approximate surface area is 176 Å². The van der Waals surface area contributed by atoms with E-state index >= 15 is 0 Å². The maximum atomic E-state index is 14.6. The number of hydrogen-bond donors (Lipinski definition) is 3. The monoisotopic (exact) mass is 436 g/mol. The summed E-state index contributed by atoms with van der Waals surface area (Å²) >= 11 is 12.3. The molecule has 1 aliphatic heterocycles. The van der Waals surface area contributed by atoms with Gasteiger partial charge in [-0.25, -0.2) is 9.18 Å². The molecule has 0 aliphatic carbocycles. The number of hydrogen-bond acceptors (Lipinski definition) is 3. The number of aromatic amines is 1. The van der Waals surface area contributed by atoms with Crippen LogP contribution in [0.1, 0.15) is 30.9 Å². The zero-order valence-electron chi connectivity index (χ0n) is 15.3. The Kier molecular flexibility index (Phi) is 5.63. The number of anilines is 1. The van der Waals surface area contributed by atoms with Crippen LogP contribution in [0.15, 0.2) is 36.5 Å². The van der Waals surface area contributed by atoms with Crippen molar-refractivity contribution in [2.75, 3.05) is 11.4 Å². The highest BCUT2D eigenvalue weighted by atomic mass is 35.5. The van der Waals surface area contributed by atoms with Crippen LogP contribution in [0.2, 0.25) is 10.0 Å². The van der Waals surface area contributed by atoms with E-state index in [4.69, 9.17) is 23.2 Å². The first-order chi connectivity index (χ1) is 14.0. The van der Waals surface area contributed by atoms with E-state index in [1.165, 1.54) is 17.2 Å². The zero-order valence-corrected chi connectivity index (χ0v) is 16.8. The molecule has 2 aromatic carbocycles. The molecule has 1 fully saturated rings. The van der Waals surface area contributed by atoms with Gasteiger partial charge < -0.3 is 10.4 Å².